The monoisotopic (exact) mass is 537 g/mol. The number of halogens is 6. The normalized spacial score (nSPS) is 13.4. The number of aryl methyl sites for hydroxylation is 1. The maximum Gasteiger partial charge on any atom is 0.515 e. The number of hydrogen-bond donors (Lipinski definition) is 3. The quantitative estimate of drug-likeness (QED) is 0.255. The second kappa shape index (κ2) is 9.97. The molecule has 3 aromatic carbocycles. The fourth-order valence-corrected chi connectivity index (χ4v) is 4.83. The van der Waals surface area contributed by atoms with Crippen molar-refractivity contribution in [3.05, 3.63) is 77.9 Å². The van der Waals surface area contributed by atoms with E-state index >= 15 is 0 Å². The van der Waals surface area contributed by atoms with Crippen LogP contribution in [-0.4, -0.2) is 18.5 Å². The van der Waals surface area contributed by atoms with Crippen LogP contribution in [0.4, 0.5) is 49.1 Å². The summed E-state index contributed by atoms with van der Waals surface area (Å²) in [7, 11) is -5.79. The maximum absolute atomic E-state index is 12.9. The van der Waals surface area contributed by atoms with Gasteiger partial charge < -0.3 is 15.2 Å². The molecule has 35 heavy (non-hydrogen) atoms. The molecule has 0 heterocycles. The van der Waals surface area contributed by atoms with Crippen molar-refractivity contribution in [2.75, 3.05) is 10.6 Å². The number of benzene rings is 3. The molecule has 6 nitrogen and oxygen atoms in total. The molecule has 188 valence electrons. The highest BCUT2D eigenvalue weighted by molar-refractivity contribution is 8.05. The number of alkyl halides is 6. The predicted molar refractivity (Wildman–Crippen MR) is 120 cm³/mol. The Morgan fingerprint density at radius 3 is 1.89 bits per heavy atom. The van der Waals surface area contributed by atoms with Crippen molar-refractivity contribution in [1.29, 1.82) is 0 Å². The average Bonchev–Trinajstić information content (AvgIpc) is 2.72. The van der Waals surface area contributed by atoms with E-state index in [0.717, 1.165) is 21.8 Å². The second-order valence-electron chi connectivity index (χ2n) is 7.24. The summed E-state index contributed by atoms with van der Waals surface area (Å²) in [5, 5.41) is 5.91. The molecule has 0 aliphatic carbocycles. The fourth-order valence-electron chi connectivity index (χ4n) is 2.89. The third-order valence-corrected chi connectivity index (χ3v) is 7.20. The summed E-state index contributed by atoms with van der Waals surface area (Å²) >= 11 is -2.67. The maximum atomic E-state index is 12.9. The van der Waals surface area contributed by atoms with Gasteiger partial charge in [-0.1, -0.05) is 6.07 Å². The average molecular weight is 538 g/mol. The standard InChI is InChI=1S/C21H17F6N3O3S2/c1-13-9-17(12-18(10-13)29-16-4-2-3-14(11-16)20(22,23)24)28-15-5-7-19(8-6-15)34(31)30-35(32,33)21(25,26)27/h2-12,28-30H,1H3. The zero-order chi connectivity index (χ0) is 26.0. The molecular weight excluding hydrogens is 520 g/mol. The highest BCUT2D eigenvalue weighted by atomic mass is 32.3. The first-order valence-corrected chi connectivity index (χ1v) is 12.2. The third kappa shape index (κ3) is 7.04. The van der Waals surface area contributed by atoms with Gasteiger partial charge in [0.15, 0.2) is 4.90 Å². The minimum Gasteiger partial charge on any atom is -0.592 e. The summed E-state index contributed by atoms with van der Waals surface area (Å²) in [6.45, 7) is 1.77. The van der Waals surface area contributed by atoms with Crippen LogP contribution in [0.25, 0.3) is 0 Å². The van der Waals surface area contributed by atoms with Crippen LogP contribution in [0.2, 0.25) is 0 Å². The molecule has 3 aromatic rings. The van der Waals surface area contributed by atoms with Crippen molar-refractivity contribution in [3.63, 3.8) is 0 Å². The number of sulfonamides is 1. The number of nitrogens with one attached hydrogen (secondary N) is 3. The van der Waals surface area contributed by atoms with Crippen LogP contribution in [0.5, 0.6) is 0 Å². The Hall–Kier alpha value is -2.94. The molecule has 0 radical (unpaired) electrons. The van der Waals surface area contributed by atoms with Crippen molar-refractivity contribution < 1.29 is 39.3 Å². The molecule has 0 bridgehead atoms. The minimum atomic E-state index is -5.79. The fraction of sp³-hybridized carbons (Fsp3) is 0.143. The van der Waals surface area contributed by atoms with E-state index in [1.54, 1.807) is 25.1 Å². The van der Waals surface area contributed by atoms with Crippen LogP contribution in [0.15, 0.2) is 71.6 Å². The molecule has 0 saturated heterocycles. The van der Waals surface area contributed by atoms with Crippen LogP contribution < -0.4 is 14.8 Å². The summed E-state index contributed by atoms with van der Waals surface area (Å²) in [6, 6.07) is 14.9. The molecule has 3 N–H and O–H groups in total. The second-order valence-corrected chi connectivity index (χ2v) is 10.4. The van der Waals surface area contributed by atoms with E-state index in [4.69, 9.17) is 0 Å². The third-order valence-electron chi connectivity index (χ3n) is 4.40. The van der Waals surface area contributed by atoms with Crippen molar-refractivity contribution >= 4 is 44.1 Å². The van der Waals surface area contributed by atoms with Gasteiger partial charge in [0.05, 0.1) is 16.9 Å². The van der Waals surface area contributed by atoms with Crippen LogP contribution in [-0.2, 0) is 27.6 Å². The van der Waals surface area contributed by atoms with Crippen LogP contribution in [0.1, 0.15) is 11.1 Å². The van der Waals surface area contributed by atoms with E-state index in [1.807, 2.05) is 0 Å². The van der Waals surface area contributed by atoms with E-state index in [-0.39, 0.29) is 10.6 Å². The molecule has 1 unspecified atom stereocenters. The van der Waals surface area contributed by atoms with Gasteiger partial charge in [-0.05, 0) is 77.3 Å². The van der Waals surface area contributed by atoms with Crippen molar-refractivity contribution in [3.8, 4) is 0 Å². The lowest BCUT2D eigenvalue weighted by Crippen LogP contribution is -2.40. The van der Waals surface area contributed by atoms with Gasteiger partial charge in [-0.15, -0.1) is 0 Å². The first kappa shape index (κ1) is 26.7. The lowest BCUT2D eigenvalue weighted by atomic mass is 10.1. The van der Waals surface area contributed by atoms with Gasteiger partial charge in [0.2, 0.25) is 0 Å². The van der Waals surface area contributed by atoms with Crippen LogP contribution in [0, 0.1) is 6.92 Å². The highest BCUT2D eigenvalue weighted by Crippen LogP contribution is 2.32. The first-order valence-electron chi connectivity index (χ1n) is 9.58. The van der Waals surface area contributed by atoms with E-state index in [1.165, 1.54) is 36.4 Å². The molecule has 0 amide bonds. The molecule has 0 spiro atoms. The zero-order valence-corrected chi connectivity index (χ0v) is 19.3. The summed E-state index contributed by atoms with van der Waals surface area (Å²) in [5.41, 5.74) is -3.95. The first-order chi connectivity index (χ1) is 16.1. The predicted octanol–water partition coefficient (Wildman–Crippen LogP) is 5.96. The Morgan fingerprint density at radius 1 is 0.771 bits per heavy atom. The largest absolute Gasteiger partial charge is 0.592 e. The Morgan fingerprint density at radius 2 is 1.34 bits per heavy atom. The van der Waals surface area contributed by atoms with Crippen LogP contribution in [0.3, 0.4) is 0 Å². The molecule has 0 aliphatic rings. The topological polar surface area (TPSA) is 93.3 Å². The SMILES string of the molecule is Cc1cc(Nc2ccc([S+]([O-])NS(=O)(=O)C(F)(F)F)cc2)cc(Nc2cccc(C(F)(F)F)c2)c1. The van der Waals surface area contributed by atoms with Gasteiger partial charge in [-0.25, -0.2) is 0 Å². The Labute approximate surface area is 199 Å². The van der Waals surface area contributed by atoms with E-state index < -0.39 is 38.6 Å². The van der Waals surface area contributed by atoms with Gasteiger partial charge in [0.25, 0.3) is 0 Å². The molecule has 14 heteroatoms. The van der Waals surface area contributed by atoms with Crippen molar-refractivity contribution in [2.45, 2.75) is 23.5 Å². The van der Waals surface area contributed by atoms with Gasteiger partial charge in [0, 0.05) is 22.7 Å². The number of rotatable bonds is 7. The molecule has 0 aliphatic heterocycles. The Balaban J connectivity index is 1.73. The Bertz CT molecular complexity index is 1300. The van der Waals surface area contributed by atoms with Crippen LogP contribution >= 0.6 is 0 Å². The number of hydrogen-bond acceptors (Lipinski definition) is 5. The lowest BCUT2D eigenvalue weighted by molar-refractivity contribution is -0.137. The van der Waals surface area contributed by atoms with Gasteiger partial charge in [0.1, 0.15) is 0 Å². The van der Waals surface area contributed by atoms with Gasteiger partial charge in [-0.2, -0.15) is 34.8 Å². The number of anilines is 4. The molecule has 0 fully saturated rings. The van der Waals surface area contributed by atoms with E-state index in [9.17, 15) is 39.3 Å². The molecule has 1 atom stereocenters. The smallest absolute Gasteiger partial charge is 0.515 e. The highest BCUT2D eigenvalue weighted by Gasteiger charge is 2.49. The molecule has 3 rings (SSSR count). The zero-order valence-electron chi connectivity index (χ0n) is 17.7. The summed E-state index contributed by atoms with van der Waals surface area (Å²) < 4.78 is 111. The van der Waals surface area contributed by atoms with Gasteiger partial charge in [-0.3, -0.25) is 0 Å². The summed E-state index contributed by atoms with van der Waals surface area (Å²) in [6.07, 6.45) is -4.49. The van der Waals surface area contributed by atoms with E-state index in [2.05, 4.69) is 10.6 Å². The summed E-state index contributed by atoms with van der Waals surface area (Å²) in [5.74, 6) is 0. The minimum absolute atomic E-state index is 0.209. The molecule has 0 aromatic heterocycles. The summed E-state index contributed by atoms with van der Waals surface area (Å²) in [4.78, 5) is -0.209. The van der Waals surface area contributed by atoms with Gasteiger partial charge >= 0.3 is 21.7 Å². The van der Waals surface area contributed by atoms with Crippen molar-refractivity contribution in [1.82, 2.24) is 4.13 Å². The molecule has 0 saturated carbocycles. The lowest BCUT2D eigenvalue weighted by Gasteiger charge is -2.14. The van der Waals surface area contributed by atoms with E-state index in [0.29, 0.717) is 17.1 Å². The van der Waals surface area contributed by atoms with Crippen molar-refractivity contribution in [2.24, 2.45) is 0 Å². The Kier molecular flexibility index (Phi) is 7.59. The molecular formula is C21H17F6N3O3S2.